The molecule has 0 bridgehead atoms. The summed E-state index contributed by atoms with van der Waals surface area (Å²) in [6, 6.07) is 7.07. The molecule has 1 aliphatic carbocycles. The zero-order valence-electron chi connectivity index (χ0n) is 11.9. The van der Waals surface area contributed by atoms with Crippen LogP contribution in [0.4, 0.5) is 0 Å². The Morgan fingerprint density at radius 1 is 1.40 bits per heavy atom. The molecule has 3 unspecified atom stereocenters. The average molecular weight is 403 g/mol. The van der Waals surface area contributed by atoms with Crippen molar-refractivity contribution in [3.8, 4) is 0 Å². The normalized spacial score (nSPS) is 26.5. The van der Waals surface area contributed by atoms with Crippen LogP contribution < -0.4 is 0 Å². The first-order valence-corrected chi connectivity index (χ1v) is 8.99. The summed E-state index contributed by atoms with van der Waals surface area (Å²) in [5.41, 5.74) is 2.33. The molecule has 20 heavy (non-hydrogen) atoms. The van der Waals surface area contributed by atoms with Crippen LogP contribution in [0.5, 0.6) is 0 Å². The van der Waals surface area contributed by atoms with E-state index in [1.807, 2.05) is 0 Å². The van der Waals surface area contributed by atoms with Gasteiger partial charge in [0, 0.05) is 9.61 Å². The molecule has 1 aliphatic rings. The summed E-state index contributed by atoms with van der Waals surface area (Å²) in [6.07, 6.45) is 3.85. The Labute approximate surface area is 139 Å². The Morgan fingerprint density at radius 3 is 2.85 bits per heavy atom. The maximum atomic E-state index is 6.15. The second-order valence-electron chi connectivity index (χ2n) is 5.84. The molecule has 0 spiro atoms. The first-order valence-electron chi connectivity index (χ1n) is 7.38. The summed E-state index contributed by atoms with van der Waals surface area (Å²) in [7, 11) is 0. The second kappa shape index (κ2) is 5.84. The SMILES string of the molecule is CCC1CCC(n2c(CCl)nc3cc(I)ccc32)C1C. The highest BCUT2D eigenvalue weighted by atomic mass is 127. The Kier molecular flexibility index (Phi) is 4.27. The third-order valence-electron chi connectivity index (χ3n) is 4.88. The van der Waals surface area contributed by atoms with Crippen molar-refractivity contribution in [3.05, 3.63) is 27.6 Å². The van der Waals surface area contributed by atoms with Crippen LogP contribution in [0.2, 0.25) is 0 Å². The van der Waals surface area contributed by atoms with Crippen molar-refractivity contribution in [2.24, 2.45) is 11.8 Å². The topological polar surface area (TPSA) is 17.8 Å². The molecule has 0 N–H and O–H groups in total. The molecule has 0 saturated heterocycles. The van der Waals surface area contributed by atoms with E-state index in [4.69, 9.17) is 16.6 Å². The van der Waals surface area contributed by atoms with Gasteiger partial charge in [0.1, 0.15) is 5.82 Å². The predicted molar refractivity (Wildman–Crippen MR) is 93.2 cm³/mol. The third-order valence-corrected chi connectivity index (χ3v) is 5.79. The number of alkyl halides is 1. The zero-order chi connectivity index (χ0) is 14.3. The van der Waals surface area contributed by atoms with Crippen LogP contribution in [0.15, 0.2) is 18.2 Å². The lowest BCUT2D eigenvalue weighted by Crippen LogP contribution is -2.17. The van der Waals surface area contributed by atoms with Crippen LogP contribution in [0.3, 0.4) is 0 Å². The lowest BCUT2D eigenvalue weighted by atomic mass is 9.93. The molecule has 1 aromatic heterocycles. The molecule has 0 amide bonds. The lowest BCUT2D eigenvalue weighted by molar-refractivity contribution is 0.330. The molecule has 1 heterocycles. The molecule has 2 nitrogen and oxygen atoms in total. The van der Waals surface area contributed by atoms with Crippen molar-refractivity contribution < 1.29 is 0 Å². The number of nitrogens with zero attached hydrogens (tertiary/aromatic N) is 2. The molecule has 1 fully saturated rings. The van der Waals surface area contributed by atoms with E-state index in [1.54, 1.807) is 0 Å². The van der Waals surface area contributed by atoms with Crippen LogP contribution >= 0.6 is 34.2 Å². The van der Waals surface area contributed by atoms with Gasteiger partial charge in [0.2, 0.25) is 0 Å². The molecule has 0 radical (unpaired) electrons. The molecular formula is C16H20ClIN2. The first-order chi connectivity index (χ1) is 9.65. The third kappa shape index (κ3) is 2.37. The van der Waals surface area contributed by atoms with Gasteiger partial charge in [0.15, 0.2) is 0 Å². The van der Waals surface area contributed by atoms with Gasteiger partial charge >= 0.3 is 0 Å². The molecule has 108 valence electrons. The highest BCUT2D eigenvalue weighted by Gasteiger charge is 2.34. The van der Waals surface area contributed by atoms with Crippen LogP contribution in [0.25, 0.3) is 11.0 Å². The highest BCUT2D eigenvalue weighted by Crippen LogP contribution is 2.43. The Hall–Kier alpha value is -0.290. The van der Waals surface area contributed by atoms with Gasteiger partial charge in [-0.1, -0.05) is 20.3 Å². The second-order valence-corrected chi connectivity index (χ2v) is 7.35. The number of halogens is 2. The molecular weight excluding hydrogens is 383 g/mol. The zero-order valence-corrected chi connectivity index (χ0v) is 14.9. The minimum Gasteiger partial charge on any atom is -0.324 e. The quantitative estimate of drug-likeness (QED) is 0.498. The summed E-state index contributed by atoms with van der Waals surface area (Å²) in [5, 5.41) is 0. The number of fused-ring (bicyclic) bond motifs is 1. The minimum absolute atomic E-state index is 0.491. The van der Waals surface area contributed by atoms with Crippen LogP contribution in [0.1, 0.15) is 45.0 Å². The average Bonchev–Trinajstić information content (AvgIpc) is 2.97. The summed E-state index contributed by atoms with van der Waals surface area (Å²) in [6.45, 7) is 4.70. The number of hydrogen-bond donors (Lipinski definition) is 0. The fourth-order valence-electron chi connectivity index (χ4n) is 3.75. The van der Waals surface area contributed by atoms with Gasteiger partial charge in [0.05, 0.1) is 16.9 Å². The number of imidazole rings is 1. The van der Waals surface area contributed by atoms with Gasteiger partial charge < -0.3 is 4.57 Å². The fourth-order valence-corrected chi connectivity index (χ4v) is 4.41. The van der Waals surface area contributed by atoms with Gasteiger partial charge in [-0.3, -0.25) is 0 Å². The van der Waals surface area contributed by atoms with Crippen molar-refractivity contribution in [1.82, 2.24) is 9.55 Å². The van der Waals surface area contributed by atoms with E-state index in [2.05, 4.69) is 59.2 Å². The van der Waals surface area contributed by atoms with E-state index in [0.717, 1.165) is 17.3 Å². The summed E-state index contributed by atoms with van der Waals surface area (Å²) in [4.78, 5) is 4.75. The summed E-state index contributed by atoms with van der Waals surface area (Å²) < 4.78 is 3.64. The molecule has 3 atom stereocenters. The molecule has 1 aromatic carbocycles. The number of aromatic nitrogens is 2. The van der Waals surface area contributed by atoms with E-state index in [0.29, 0.717) is 17.8 Å². The van der Waals surface area contributed by atoms with Crippen molar-refractivity contribution in [1.29, 1.82) is 0 Å². The largest absolute Gasteiger partial charge is 0.324 e. The van der Waals surface area contributed by atoms with Crippen LogP contribution in [-0.4, -0.2) is 9.55 Å². The molecule has 2 aromatic rings. The predicted octanol–water partition coefficient (Wildman–Crippen LogP) is 5.38. The number of hydrogen-bond acceptors (Lipinski definition) is 1. The standard InChI is InChI=1S/C16H20ClIN2/c1-3-11-4-6-14(10(11)2)20-15-7-5-12(18)8-13(15)19-16(20)9-17/h5,7-8,10-11,14H,3-4,6,9H2,1-2H3. The van der Waals surface area contributed by atoms with Gasteiger partial charge in [0.25, 0.3) is 0 Å². The summed E-state index contributed by atoms with van der Waals surface area (Å²) >= 11 is 8.49. The molecule has 3 rings (SSSR count). The Balaban J connectivity index is 2.10. The van der Waals surface area contributed by atoms with Gasteiger partial charge in [-0.15, -0.1) is 11.6 Å². The van der Waals surface area contributed by atoms with E-state index in [1.165, 1.54) is 28.3 Å². The monoisotopic (exact) mass is 402 g/mol. The number of rotatable bonds is 3. The van der Waals surface area contributed by atoms with Crippen molar-refractivity contribution in [3.63, 3.8) is 0 Å². The van der Waals surface area contributed by atoms with E-state index in [9.17, 15) is 0 Å². The van der Waals surface area contributed by atoms with Gasteiger partial charge in [-0.25, -0.2) is 4.98 Å². The van der Waals surface area contributed by atoms with Crippen LogP contribution in [0, 0.1) is 15.4 Å². The van der Waals surface area contributed by atoms with Crippen LogP contribution in [-0.2, 0) is 5.88 Å². The maximum absolute atomic E-state index is 6.15. The van der Waals surface area contributed by atoms with Crippen molar-refractivity contribution >= 4 is 45.2 Å². The van der Waals surface area contributed by atoms with E-state index >= 15 is 0 Å². The van der Waals surface area contributed by atoms with Crippen molar-refractivity contribution in [2.75, 3.05) is 0 Å². The first kappa shape index (κ1) is 14.6. The molecule has 4 heteroatoms. The Bertz CT molecular complexity index is 622. The minimum atomic E-state index is 0.491. The van der Waals surface area contributed by atoms with Gasteiger partial charge in [-0.2, -0.15) is 0 Å². The summed E-state index contributed by atoms with van der Waals surface area (Å²) in [5.74, 6) is 3.06. The Morgan fingerprint density at radius 2 is 2.20 bits per heavy atom. The fraction of sp³-hybridized carbons (Fsp3) is 0.562. The van der Waals surface area contributed by atoms with Crippen molar-refractivity contribution in [2.45, 2.75) is 45.0 Å². The molecule has 1 saturated carbocycles. The smallest absolute Gasteiger partial charge is 0.125 e. The number of benzene rings is 1. The highest BCUT2D eigenvalue weighted by molar-refractivity contribution is 14.1. The van der Waals surface area contributed by atoms with E-state index < -0.39 is 0 Å². The lowest BCUT2D eigenvalue weighted by Gasteiger charge is -2.23. The molecule has 0 aliphatic heterocycles. The maximum Gasteiger partial charge on any atom is 0.125 e. The van der Waals surface area contributed by atoms with E-state index in [-0.39, 0.29) is 0 Å². The van der Waals surface area contributed by atoms with Gasteiger partial charge in [-0.05, 0) is 65.5 Å².